The number of aryl methyl sites for hydroxylation is 3. The van der Waals surface area contributed by atoms with Crippen molar-refractivity contribution in [3.8, 4) is 0 Å². The molecule has 0 aliphatic carbocycles. The van der Waals surface area contributed by atoms with Crippen molar-refractivity contribution in [1.82, 2.24) is 20.2 Å². The molecule has 0 amide bonds. The summed E-state index contributed by atoms with van der Waals surface area (Å²) in [5, 5.41) is 7.96. The van der Waals surface area contributed by atoms with Crippen LogP contribution in [0, 0.1) is 20.8 Å². The van der Waals surface area contributed by atoms with Crippen LogP contribution in [-0.2, 0) is 6.54 Å². The molecule has 3 rings (SSSR count). The van der Waals surface area contributed by atoms with E-state index in [2.05, 4.69) is 32.3 Å². The van der Waals surface area contributed by atoms with Gasteiger partial charge in [0.15, 0.2) is 5.82 Å². The van der Waals surface area contributed by atoms with Gasteiger partial charge in [0.1, 0.15) is 11.8 Å². The van der Waals surface area contributed by atoms with Crippen LogP contribution in [0.4, 0.5) is 0 Å². The van der Waals surface area contributed by atoms with Crippen molar-refractivity contribution >= 4 is 0 Å². The highest BCUT2D eigenvalue weighted by molar-refractivity contribution is 5.26. The highest BCUT2D eigenvalue weighted by Gasteiger charge is 2.26. The van der Waals surface area contributed by atoms with Crippen LogP contribution in [0.2, 0.25) is 0 Å². The molecular formula is C17H20N4O2. The third-order valence-corrected chi connectivity index (χ3v) is 3.92. The van der Waals surface area contributed by atoms with E-state index >= 15 is 0 Å². The fraction of sp³-hybridized carbons (Fsp3) is 0.353. The highest BCUT2D eigenvalue weighted by Crippen LogP contribution is 2.28. The molecule has 0 unspecified atom stereocenters. The van der Waals surface area contributed by atoms with E-state index in [-0.39, 0.29) is 6.04 Å². The molecule has 6 nitrogen and oxygen atoms in total. The lowest BCUT2D eigenvalue weighted by molar-refractivity contribution is 0.217. The van der Waals surface area contributed by atoms with Crippen molar-refractivity contribution in [3.05, 3.63) is 64.6 Å². The SMILES string of the molecule is Cc1noc([C@H](c2ccccc2)N(C)Cc2c(C)noc2C)n1. The predicted molar refractivity (Wildman–Crippen MR) is 84.8 cm³/mol. The van der Waals surface area contributed by atoms with E-state index in [4.69, 9.17) is 9.05 Å². The lowest BCUT2D eigenvalue weighted by Gasteiger charge is -2.25. The normalized spacial score (nSPS) is 12.7. The molecule has 2 heterocycles. The molecule has 0 bridgehead atoms. The Morgan fingerprint density at radius 3 is 2.35 bits per heavy atom. The summed E-state index contributed by atoms with van der Waals surface area (Å²) in [6.45, 7) is 6.39. The summed E-state index contributed by atoms with van der Waals surface area (Å²) >= 11 is 0. The largest absolute Gasteiger partial charge is 0.361 e. The van der Waals surface area contributed by atoms with E-state index in [0.29, 0.717) is 18.3 Å². The van der Waals surface area contributed by atoms with Gasteiger partial charge in [-0.15, -0.1) is 0 Å². The number of hydrogen-bond donors (Lipinski definition) is 0. The van der Waals surface area contributed by atoms with Crippen LogP contribution in [0.25, 0.3) is 0 Å². The van der Waals surface area contributed by atoms with Gasteiger partial charge in [0, 0.05) is 12.1 Å². The summed E-state index contributed by atoms with van der Waals surface area (Å²) in [5.74, 6) is 2.05. The number of aromatic nitrogens is 3. The maximum absolute atomic E-state index is 5.44. The summed E-state index contributed by atoms with van der Waals surface area (Å²) in [6, 6.07) is 10.0. The average molecular weight is 312 g/mol. The van der Waals surface area contributed by atoms with Gasteiger partial charge in [-0.1, -0.05) is 40.6 Å². The van der Waals surface area contributed by atoms with Crippen molar-refractivity contribution in [2.45, 2.75) is 33.4 Å². The Kier molecular flexibility index (Phi) is 4.25. The standard InChI is InChI=1S/C17H20N4O2/c1-11-15(12(2)22-19-11)10-21(4)16(14-8-6-5-7-9-14)17-18-13(3)20-23-17/h5-9,16H,10H2,1-4H3/t16-/m0/s1. The van der Waals surface area contributed by atoms with Crippen molar-refractivity contribution in [1.29, 1.82) is 0 Å². The van der Waals surface area contributed by atoms with Crippen LogP contribution in [0.3, 0.4) is 0 Å². The first-order chi connectivity index (χ1) is 11.1. The fourth-order valence-corrected chi connectivity index (χ4v) is 2.71. The van der Waals surface area contributed by atoms with E-state index in [1.807, 2.05) is 46.0 Å². The smallest absolute Gasteiger partial charge is 0.248 e. The molecule has 120 valence electrons. The van der Waals surface area contributed by atoms with Gasteiger partial charge in [-0.2, -0.15) is 4.98 Å². The molecule has 0 aliphatic heterocycles. The highest BCUT2D eigenvalue weighted by atomic mass is 16.5. The maximum Gasteiger partial charge on any atom is 0.248 e. The molecule has 0 fully saturated rings. The van der Waals surface area contributed by atoms with Crippen LogP contribution >= 0.6 is 0 Å². The monoisotopic (exact) mass is 312 g/mol. The summed E-state index contributed by atoms with van der Waals surface area (Å²) in [5.41, 5.74) is 3.10. The molecule has 0 N–H and O–H groups in total. The van der Waals surface area contributed by atoms with Crippen LogP contribution < -0.4 is 0 Å². The summed E-state index contributed by atoms with van der Waals surface area (Å²) in [4.78, 5) is 6.59. The molecule has 1 atom stereocenters. The summed E-state index contributed by atoms with van der Waals surface area (Å²) < 4.78 is 10.7. The lowest BCUT2D eigenvalue weighted by Crippen LogP contribution is -2.26. The first kappa shape index (κ1) is 15.4. The fourth-order valence-electron chi connectivity index (χ4n) is 2.71. The van der Waals surface area contributed by atoms with Gasteiger partial charge in [-0.05, 0) is 33.4 Å². The molecule has 0 saturated heterocycles. The van der Waals surface area contributed by atoms with Gasteiger partial charge in [0.25, 0.3) is 0 Å². The Hall–Kier alpha value is -2.47. The van der Waals surface area contributed by atoms with Gasteiger partial charge in [0.2, 0.25) is 5.89 Å². The van der Waals surface area contributed by atoms with Crippen LogP contribution in [0.1, 0.15) is 40.3 Å². The number of nitrogens with zero attached hydrogens (tertiary/aromatic N) is 4. The second kappa shape index (κ2) is 6.34. The topological polar surface area (TPSA) is 68.2 Å². The van der Waals surface area contributed by atoms with Crippen LogP contribution in [-0.4, -0.2) is 27.2 Å². The first-order valence-electron chi connectivity index (χ1n) is 7.53. The quantitative estimate of drug-likeness (QED) is 0.720. The lowest BCUT2D eigenvalue weighted by atomic mass is 10.0. The molecule has 2 aromatic heterocycles. The zero-order chi connectivity index (χ0) is 16.4. The zero-order valence-corrected chi connectivity index (χ0v) is 13.8. The van der Waals surface area contributed by atoms with Gasteiger partial charge in [-0.25, -0.2) is 0 Å². The zero-order valence-electron chi connectivity index (χ0n) is 13.8. The Morgan fingerprint density at radius 1 is 1.04 bits per heavy atom. The van der Waals surface area contributed by atoms with E-state index in [1.165, 1.54) is 0 Å². The minimum Gasteiger partial charge on any atom is -0.361 e. The van der Waals surface area contributed by atoms with Crippen LogP contribution in [0.15, 0.2) is 39.4 Å². The Balaban J connectivity index is 1.95. The minimum absolute atomic E-state index is 0.119. The van der Waals surface area contributed by atoms with Crippen molar-refractivity contribution < 1.29 is 9.05 Å². The second-order valence-corrected chi connectivity index (χ2v) is 5.71. The van der Waals surface area contributed by atoms with Crippen molar-refractivity contribution in [2.24, 2.45) is 0 Å². The van der Waals surface area contributed by atoms with Crippen molar-refractivity contribution in [3.63, 3.8) is 0 Å². The van der Waals surface area contributed by atoms with E-state index in [1.54, 1.807) is 0 Å². The minimum atomic E-state index is -0.119. The second-order valence-electron chi connectivity index (χ2n) is 5.71. The molecule has 23 heavy (non-hydrogen) atoms. The average Bonchev–Trinajstić information content (AvgIpc) is 3.09. The summed E-state index contributed by atoms with van der Waals surface area (Å²) in [7, 11) is 2.03. The van der Waals surface area contributed by atoms with Gasteiger partial charge >= 0.3 is 0 Å². The molecule has 0 spiro atoms. The maximum atomic E-state index is 5.44. The molecular weight excluding hydrogens is 292 g/mol. The Morgan fingerprint density at radius 2 is 1.78 bits per heavy atom. The molecule has 0 radical (unpaired) electrons. The molecule has 1 aromatic carbocycles. The summed E-state index contributed by atoms with van der Waals surface area (Å²) in [6.07, 6.45) is 0. The van der Waals surface area contributed by atoms with Gasteiger partial charge < -0.3 is 9.05 Å². The van der Waals surface area contributed by atoms with E-state index in [9.17, 15) is 0 Å². The van der Waals surface area contributed by atoms with Gasteiger partial charge in [0.05, 0.1) is 5.69 Å². The number of benzene rings is 1. The van der Waals surface area contributed by atoms with Crippen molar-refractivity contribution in [2.75, 3.05) is 7.05 Å². The number of hydrogen-bond acceptors (Lipinski definition) is 6. The van der Waals surface area contributed by atoms with Crippen LogP contribution in [0.5, 0.6) is 0 Å². The molecule has 6 heteroatoms. The van der Waals surface area contributed by atoms with Gasteiger partial charge in [-0.3, -0.25) is 4.90 Å². The Bertz CT molecular complexity index is 760. The van der Waals surface area contributed by atoms with E-state index < -0.39 is 0 Å². The third kappa shape index (κ3) is 3.17. The number of rotatable bonds is 5. The first-order valence-corrected chi connectivity index (χ1v) is 7.53. The molecule has 3 aromatic rings. The molecule has 0 saturated carbocycles. The van der Waals surface area contributed by atoms with E-state index in [0.717, 1.165) is 22.6 Å². The predicted octanol–water partition coefficient (Wildman–Crippen LogP) is 3.20. The molecule has 0 aliphatic rings. The Labute approximate surface area is 135 Å². The third-order valence-electron chi connectivity index (χ3n) is 3.92.